The van der Waals surface area contributed by atoms with Crippen LogP contribution in [-0.4, -0.2) is 38.7 Å². The fourth-order valence-electron chi connectivity index (χ4n) is 1.36. The molecule has 1 aliphatic heterocycles. The zero-order chi connectivity index (χ0) is 11.5. The molecule has 1 rings (SSSR count). The van der Waals surface area contributed by atoms with Gasteiger partial charge in [0, 0.05) is 6.04 Å². The van der Waals surface area contributed by atoms with Crippen molar-refractivity contribution in [2.75, 3.05) is 18.1 Å². The molecule has 6 heteroatoms. The largest absolute Gasteiger partial charge is 0.449 e. The van der Waals surface area contributed by atoms with Crippen LogP contribution in [0.2, 0.25) is 0 Å². The van der Waals surface area contributed by atoms with Gasteiger partial charge in [0.1, 0.15) is 0 Å². The minimum Gasteiger partial charge on any atom is -0.449 e. The first-order valence-electron chi connectivity index (χ1n) is 5.03. The third kappa shape index (κ3) is 4.51. The standard InChI is InChI=1S/C9H17NO4S/c1-7(2)5-14-9(11)10-8-3-4-15(12,13)6-8/h7-8H,3-6H2,1-2H3,(H,10,11)/t8-/m1/s1. The topological polar surface area (TPSA) is 72.5 Å². The minimum absolute atomic E-state index is 0.0315. The Bertz CT molecular complexity index is 323. The van der Waals surface area contributed by atoms with Gasteiger partial charge in [0.15, 0.2) is 9.84 Å². The molecule has 5 nitrogen and oxygen atoms in total. The summed E-state index contributed by atoms with van der Waals surface area (Å²) in [6.45, 7) is 4.23. The Hall–Kier alpha value is -0.780. The van der Waals surface area contributed by atoms with Crippen LogP contribution in [0, 0.1) is 5.92 Å². The third-order valence-corrected chi connectivity index (χ3v) is 3.87. The molecular formula is C9H17NO4S. The van der Waals surface area contributed by atoms with Crippen LogP contribution in [0.15, 0.2) is 0 Å². The Morgan fingerprint density at radius 2 is 2.20 bits per heavy atom. The highest BCUT2D eigenvalue weighted by Crippen LogP contribution is 2.11. The van der Waals surface area contributed by atoms with Gasteiger partial charge in [-0.1, -0.05) is 13.8 Å². The van der Waals surface area contributed by atoms with Gasteiger partial charge in [0.2, 0.25) is 0 Å². The van der Waals surface area contributed by atoms with Gasteiger partial charge in [-0.25, -0.2) is 13.2 Å². The molecule has 1 N–H and O–H groups in total. The number of ether oxygens (including phenoxy) is 1. The summed E-state index contributed by atoms with van der Waals surface area (Å²) in [7, 11) is -2.94. The van der Waals surface area contributed by atoms with Crippen LogP contribution >= 0.6 is 0 Å². The van der Waals surface area contributed by atoms with E-state index in [1.54, 1.807) is 0 Å². The number of rotatable bonds is 3. The highest BCUT2D eigenvalue weighted by molar-refractivity contribution is 7.91. The van der Waals surface area contributed by atoms with Crippen molar-refractivity contribution in [3.8, 4) is 0 Å². The minimum atomic E-state index is -2.94. The van der Waals surface area contributed by atoms with Crippen LogP contribution in [0.3, 0.4) is 0 Å². The van der Waals surface area contributed by atoms with Crippen LogP contribution in [0.25, 0.3) is 0 Å². The average Bonchev–Trinajstić information content (AvgIpc) is 2.42. The van der Waals surface area contributed by atoms with E-state index in [9.17, 15) is 13.2 Å². The fraction of sp³-hybridized carbons (Fsp3) is 0.889. The maximum absolute atomic E-state index is 11.2. The second-order valence-corrected chi connectivity index (χ2v) is 6.47. The van der Waals surface area contributed by atoms with Gasteiger partial charge in [0.25, 0.3) is 0 Å². The molecular weight excluding hydrogens is 218 g/mol. The predicted octanol–water partition coefficient (Wildman–Crippen LogP) is 0.556. The summed E-state index contributed by atoms with van der Waals surface area (Å²) in [6.07, 6.45) is -0.0372. The van der Waals surface area contributed by atoms with E-state index in [1.165, 1.54) is 0 Å². The van der Waals surface area contributed by atoms with Crippen molar-refractivity contribution < 1.29 is 17.9 Å². The molecule has 0 unspecified atom stereocenters. The quantitative estimate of drug-likeness (QED) is 0.775. The van der Waals surface area contributed by atoms with Crippen molar-refractivity contribution in [2.45, 2.75) is 26.3 Å². The fourth-order valence-corrected chi connectivity index (χ4v) is 3.03. The number of carbonyl (C=O) groups is 1. The summed E-state index contributed by atoms with van der Waals surface area (Å²) in [6, 6.07) is -0.283. The van der Waals surface area contributed by atoms with E-state index in [-0.39, 0.29) is 23.5 Å². The van der Waals surface area contributed by atoms with Crippen molar-refractivity contribution in [1.82, 2.24) is 5.32 Å². The number of carbonyl (C=O) groups excluding carboxylic acids is 1. The number of amides is 1. The average molecular weight is 235 g/mol. The molecule has 88 valence electrons. The van der Waals surface area contributed by atoms with Gasteiger partial charge in [-0.15, -0.1) is 0 Å². The van der Waals surface area contributed by atoms with Gasteiger partial charge < -0.3 is 10.1 Å². The van der Waals surface area contributed by atoms with Crippen LogP contribution in [0.1, 0.15) is 20.3 Å². The lowest BCUT2D eigenvalue weighted by atomic mass is 10.2. The first kappa shape index (κ1) is 12.3. The molecule has 1 heterocycles. The van der Waals surface area contributed by atoms with Crippen molar-refractivity contribution in [2.24, 2.45) is 5.92 Å². The summed E-state index contributed by atoms with van der Waals surface area (Å²) >= 11 is 0. The summed E-state index contributed by atoms with van der Waals surface area (Å²) in [5.41, 5.74) is 0. The zero-order valence-electron chi connectivity index (χ0n) is 9.02. The molecule has 1 aliphatic rings. The van der Waals surface area contributed by atoms with Crippen molar-refractivity contribution >= 4 is 15.9 Å². The predicted molar refractivity (Wildman–Crippen MR) is 56.4 cm³/mol. The molecule has 1 saturated heterocycles. The Morgan fingerprint density at radius 3 is 2.67 bits per heavy atom. The number of nitrogens with one attached hydrogen (secondary N) is 1. The number of sulfone groups is 1. The maximum atomic E-state index is 11.2. The lowest BCUT2D eigenvalue weighted by molar-refractivity contribution is 0.130. The lowest BCUT2D eigenvalue weighted by Crippen LogP contribution is -2.36. The number of hydrogen-bond donors (Lipinski definition) is 1. The van der Waals surface area contributed by atoms with E-state index in [1.807, 2.05) is 13.8 Å². The molecule has 0 bridgehead atoms. The van der Waals surface area contributed by atoms with Crippen molar-refractivity contribution in [3.63, 3.8) is 0 Å². The van der Waals surface area contributed by atoms with E-state index < -0.39 is 15.9 Å². The maximum Gasteiger partial charge on any atom is 0.407 e. The molecule has 0 aromatic heterocycles. The van der Waals surface area contributed by atoms with E-state index in [0.717, 1.165) is 0 Å². The highest BCUT2D eigenvalue weighted by Gasteiger charge is 2.29. The summed E-state index contributed by atoms with van der Waals surface area (Å²) in [5.74, 6) is 0.467. The molecule has 1 atom stereocenters. The van der Waals surface area contributed by atoms with E-state index in [4.69, 9.17) is 4.74 Å². The molecule has 0 saturated carbocycles. The number of alkyl carbamates (subject to hydrolysis) is 1. The molecule has 1 amide bonds. The van der Waals surface area contributed by atoms with Crippen LogP contribution in [0.5, 0.6) is 0 Å². The molecule has 1 fully saturated rings. The Labute approximate surface area is 90.1 Å². The normalized spacial score (nSPS) is 24.1. The summed E-state index contributed by atoms with van der Waals surface area (Å²) in [5, 5.41) is 2.55. The third-order valence-electron chi connectivity index (χ3n) is 2.10. The van der Waals surface area contributed by atoms with Gasteiger partial charge in [-0.3, -0.25) is 0 Å². The summed E-state index contributed by atoms with van der Waals surface area (Å²) < 4.78 is 27.1. The molecule has 0 aromatic carbocycles. The van der Waals surface area contributed by atoms with E-state index in [0.29, 0.717) is 13.0 Å². The zero-order valence-corrected chi connectivity index (χ0v) is 9.84. The van der Waals surface area contributed by atoms with Crippen LogP contribution in [-0.2, 0) is 14.6 Å². The van der Waals surface area contributed by atoms with Gasteiger partial charge >= 0.3 is 6.09 Å². The molecule has 0 aliphatic carbocycles. The first-order valence-corrected chi connectivity index (χ1v) is 6.85. The highest BCUT2D eigenvalue weighted by atomic mass is 32.2. The Kier molecular flexibility index (Phi) is 3.96. The monoisotopic (exact) mass is 235 g/mol. The lowest BCUT2D eigenvalue weighted by Gasteiger charge is -2.12. The SMILES string of the molecule is CC(C)COC(=O)N[C@@H]1CCS(=O)(=O)C1. The Balaban J connectivity index is 2.28. The molecule has 0 radical (unpaired) electrons. The van der Waals surface area contributed by atoms with Crippen LogP contribution < -0.4 is 5.32 Å². The first-order chi connectivity index (χ1) is 6.89. The number of hydrogen-bond acceptors (Lipinski definition) is 4. The van der Waals surface area contributed by atoms with E-state index >= 15 is 0 Å². The van der Waals surface area contributed by atoms with Crippen LogP contribution in [0.4, 0.5) is 4.79 Å². The smallest absolute Gasteiger partial charge is 0.407 e. The van der Waals surface area contributed by atoms with Crippen molar-refractivity contribution in [3.05, 3.63) is 0 Å². The van der Waals surface area contributed by atoms with Gasteiger partial charge in [0.05, 0.1) is 18.1 Å². The molecule has 15 heavy (non-hydrogen) atoms. The van der Waals surface area contributed by atoms with Crippen molar-refractivity contribution in [1.29, 1.82) is 0 Å². The van der Waals surface area contributed by atoms with Gasteiger partial charge in [-0.2, -0.15) is 0 Å². The second-order valence-electron chi connectivity index (χ2n) is 4.24. The Morgan fingerprint density at radius 1 is 1.53 bits per heavy atom. The van der Waals surface area contributed by atoms with Gasteiger partial charge in [-0.05, 0) is 12.3 Å². The van der Waals surface area contributed by atoms with E-state index in [2.05, 4.69) is 5.32 Å². The summed E-state index contributed by atoms with van der Waals surface area (Å²) in [4.78, 5) is 11.2. The molecule has 0 spiro atoms. The molecule has 0 aromatic rings. The second kappa shape index (κ2) is 4.83.